The third-order valence-corrected chi connectivity index (χ3v) is 3.64. The van der Waals surface area contributed by atoms with E-state index in [4.69, 9.17) is 0 Å². The first kappa shape index (κ1) is 15.4. The van der Waals surface area contributed by atoms with Gasteiger partial charge in [-0.3, -0.25) is 4.18 Å². The molecule has 19 heavy (non-hydrogen) atoms. The van der Waals surface area contributed by atoms with Crippen molar-refractivity contribution in [3.05, 3.63) is 66.2 Å². The van der Waals surface area contributed by atoms with Gasteiger partial charge in [0.15, 0.2) is 0 Å². The molecule has 2 aromatic carbocycles. The van der Waals surface area contributed by atoms with E-state index in [9.17, 15) is 8.42 Å². The summed E-state index contributed by atoms with van der Waals surface area (Å²) in [7, 11) is -3.53. The zero-order valence-corrected chi connectivity index (χ0v) is 11.9. The molecular formula is C15H18O3S. The van der Waals surface area contributed by atoms with E-state index in [1.165, 1.54) is 0 Å². The minimum atomic E-state index is -3.53. The quantitative estimate of drug-likeness (QED) is 0.808. The number of benzene rings is 2. The van der Waals surface area contributed by atoms with Crippen molar-refractivity contribution in [1.29, 1.82) is 0 Å². The van der Waals surface area contributed by atoms with Crippen LogP contribution in [0.25, 0.3) is 0 Å². The summed E-state index contributed by atoms with van der Waals surface area (Å²) in [6, 6.07) is 18.6. The molecule has 0 aliphatic rings. The fourth-order valence-corrected chi connectivity index (χ4v) is 2.23. The Kier molecular flexibility index (Phi) is 6.25. The van der Waals surface area contributed by atoms with Crippen LogP contribution in [0.3, 0.4) is 0 Å². The predicted molar refractivity (Wildman–Crippen MR) is 76.4 cm³/mol. The third-order valence-electron chi connectivity index (χ3n) is 2.25. The summed E-state index contributed by atoms with van der Waals surface area (Å²) in [5.41, 5.74) is 1.02. The first-order valence-electron chi connectivity index (χ1n) is 6.02. The van der Waals surface area contributed by atoms with Crippen molar-refractivity contribution < 1.29 is 12.6 Å². The average Bonchev–Trinajstić information content (AvgIpc) is 2.42. The maximum absolute atomic E-state index is 11.3. The maximum atomic E-state index is 11.3. The van der Waals surface area contributed by atoms with Gasteiger partial charge in [-0.15, -0.1) is 0 Å². The number of hydrogen-bond donors (Lipinski definition) is 0. The molecule has 0 aromatic heterocycles. The third kappa shape index (κ3) is 5.68. The molecule has 0 fully saturated rings. The van der Waals surface area contributed by atoms with E-state index in [1.54, 1.807) is 31.2 Å². The molecule has 2 aromatic rings. The second-order valence-electron chi connectivity index (χ2n) is 3.83. The Hall–Kier alpha value is -1.65. The van der Waals surface area contributed by atoms with Crippen LogP contribution >= 0.6 is 0 Å². The Bertz CT molecular complexity index is 533. The van der Waals surface area contributed by atoms with Crippen LogP contribution in [0, 0.1) is 6.92 Å². The average molecular weight is 278 g/mol. The molecule has 0 heterocycles. The van der Waals surface area contributed by atoms with Gasteiger partial charge in [-0.05, 0) is 26.0 Å². The van der Waals surface area contributed by atoms with E-state index in [0.29, 0.717) is 0 Å². The van der Waals surface area contributed by atoms with Crippen LogP contribution < -0.4 is 0 Å². The number of aryl methyl sites for hydroxylation is 1. The SMILES string of the molecule is CCOS(=O)(=O)c1ccc(C)cc1.c1ccccc1. The lowest BCUT2D eigenvalue weighted by Crippen LogP contribution is -2.05. The van der Waals surface area contributed by atoms with Gasteiger partial charge < -0.3 is 0 Å². The Balaban J connectivity index is 0.000000250. The maximum Gasteiger partial charge on any atom is 0.296 e. The van der Waals surface area contributed by atoms with Crippen molar-refractivity contribution >= 4 is 10.1 Å². The molecule has 0 N–H and O–H groups in total. The summed E-state index contributed by atoms with van der Waals surface area (Å²) in [5.74, 6) is 0. The van der Waals surface area contributed by atoms with E-state index < -0.39 is 10.1 Å². The fourth-order valence-electron chi connectivity index (χ4n) is 1.31. The summed E-state index contributed by atoms with van der Waals surface area (Å²) in [6.07, 6.45) is 0. The Morgan fingerprint density at radius 3 is 1.68 bits per heavy atom. The zero-order valence-electron chi connectivity index (χ0n) is 11.1. The smallest absolute Gasteiger partial charge is 0.267 e. The van der Waals surface area contributed by atoms with Gasteiger partial charge in [-0.2, -0.15) is 8.42 Å². The van der Waals surface area contributed by atoms with E-state index in [0.717, 1.165) is 5.56 Å². The summed E-state index contributed by atoms with van der Waals surface area (Å²) >= 11 is 0. The lowest BCUT2D eigenvalue weighted by atomic mass is 10.2. The molecule has 0 aliphatic heterocycles. The van der Waals surface area contributed by atoms with Crippen LogP contribution in [0.4, 0.5) is 0 Å². The van der Waals surface area contributed by atoms with Crippen molar-refractivity contribution in [1.82, 2.24) is 0 Å². The van der Waals surface area contributed by atoms with Gasteiger partial charge in [-0.1, -0.05) is 54.1 Å². The number of rotatable bonds is 3. The molecule has 3 nitrogen and oxygen atoms in total. The molecule has 0 unspecified atom stereocenters. The molecule has 4 heteroatoms. The zero-order chi connectivity index (χ0) is 14.1. The molecule has 0 amide bonds. The second-order valence-corrected chi connectivity index (χ2v) is 5.44. The molecule has 2 rings (SSSR count). The van der Waals surface area contributed by atoms with Crippen molar-refractivity contribution in [3.63, 3.8) is 0 Å². The highest BCUT2D eigenvalue weighted by Gasteiger charge is 2.12. The van der Waals surface area contributed by atoms with Crippen molar-refractivity contribution in [2.24, 2.45) is 0 Å². The van der Waals surface area contributed by atoms with E-state index in [1.807, 2.05) is 43.3 Å². The predicted octanol–water partition coefficient (Wildman–Crippen LogP) is 3.41. The molecule has 0 atom stereocenters. The minimum absolute atomic E-state index is 0.163. The molecule has 0 spiro atoms. The van der Waals surface area contributed by atoms with Crippen LogP contribution in [0.1, 0.15) is 12.5 Å². The first-order chi connectivity index (χ1) is 9.06. The minimum Gasteiger partial charge on any atom is -0.267 e. The first-order valence-corrected chi connectivity index (χ1v) is 7.43. The van der Waals surface area contributed by atoms with Crippen LogP contribution in [0.15, 0.2) is 65.6 Å². The summed E-state index contributed by atoms with van der Waals surface area (Å²) < 4.78 is 27.3. The lowest BCUT2D eigenvalue weighted by Gasteiger charge is -2.02. The molecule has 102 valence electrons. The Morgan fingerprint density at radius 1 is 0.895 bits per heavy atom. The molecule has 0 aliphatic carbocycles. The van der Waals surface area contributed by atoms with Crippen molar-refractivity contribution in [2.75, 3.05) is 6.61 Å². The second kappa shape index (κ2) is 7.71. The Labute approximate surface area is 115 Å². The molecule has 0 radical (unpaired) electrons. The van der Waals surface area contributed by atoms with E-state index in [2.05, 4.69) is 4.18 Å². The van der Waals surface area contributed by atoms with E-state index >= 15 is 0 Å². The fraction of sp³-hybridized carbons (Fsp3) is 0.200. The van der Waals surface area contributed by atoms with Crippen molar-refractivity contribution in [2.45, 2.75) is 18.7 Å². The van der Waals surface area contributed by atoms with Gasteiger partial charge >= 0.3 is 0 Å². The summed E-state index contributed by atoms with van der Waals surface area (Å²) in [5, 5.41) is 0. The standard InChI is InChI=1S/C9H12O3S.C6H6/c1-3-12-13(10,11)9-6-4-8(2)5-7-9;1-2-4-6-5-3-1/h4-7H,3H2,1-2H3;1-6H. The lowest BCUT2D eigenvalue weighted by molar-refractivity contribution is 0.338. The van der Waals surface area contributed by atoms with E-state index in [-0.39, 0.29) is 11.5 Å². The molecular weight excluding hydrogens is 260 g/mol. The van der Waals surface area contributed by atoms with Crippen LogP contribution in [-0.2, 0) is 14.3 Å². The van der Waals surface area contributed by atoms with Gasteiger partial charge in [0.25, 0.3) is 10.1 Å². The molecule has 0 saturated carbocycles. The molecule has 0 bridgehead atoms. The van der Waals surface area contributed by atoms with Crippen LogP contribution in [0.5, 0.6) is 0 Å². The van der Waals surface area contributed by atoms with Crippen molar-refractivity contribution in [3.8, 4) is 0 Å². The van der Waals surface area contributed by atoms with Gasteiger partial charge in [-0.25, -0.2) is 0 Å². The highest BCUT2D eigenvalue weighted by atomic mass is 32.2. The summed E-state index contributed by atoms with van der Waals surface area (Å²) in [6.45, 7) is 3.71. The normalized spacial score (nSPS) is 10.4. The highest BCUT2D eigenvalue weighted by molar-refractivity contribution is 7.86. The topological polar surface area (TPSA) is 43.4 Å². The van der Waals surface area contributed by atoms with Crippen LogP contribution in [-0.4, -0.2) is 15.0 Å². The van der Waals surface area contributed by atoms with Gasteiger partial charge in [0.1, 0.15) is 0 Å². The monoisotopic (exact) mass is 278 g/mol. The van der Waals surface area contributed by atoms with Gasteiger partial charge in [0, 0.05) is 0 Å². The number of hydrogen-bond acceptors (Lipinski definition) is 3. The summed E-state index contributed by atoms with van der Waals surface area (Å²) in [4.78, 5) is 0.208. The molecule has 0 saturated heterocycles. The highest BCUT2D eigenvalue weighted by Crippen LogP contribution is 2.12. The largest absolute Gasteiger partial charge is 0.296 e. The van der Waals surface area contributed by atoms with Gasteiger partial charge in [0.2, 0.25) is 0 Å². The Morgan fingerprint density at radius 2 is 1.32 bits per heavy atom. The van der Waals surface area contributed by atoms with Crippen LogP contribution in [0.2, 0.25) is 0 Å². The van der Waals surface area contributed by atoms with Gasteiger partial charge in [0.05, 0.1) is 11.5 Å².